The van der Waals surface area contributed by atoms with Crippen LogP contribution in [0.3, 0.4) is 0 Å². The maximum Gasteiger partial charge on any atom is 0.227 e. The molecule has 4 bridgehead atoms. The molecule has 3 heteroatoms. The third kappa shape index (κ3) is 1.48. The number of nitrogens with one attached hydrogen (secondary N) is 1. The highest BCUT2D eigenvalue weighted by Gasteiger charge is 2.73. The van der Waals surface area contributed by atoms with E-state index in [1.54, 1.807) is 0 Å². The van der Waals surface area contributed by atoms with E-state index in [2.05, 4.69) is 46.9 Å². The average Bonchev–Trinajstić information content (AvgIpc) is 2.97. The zero-order valence-electron chi connectivity index (χ0n) is 16.2. The third-order valence-electron chi connectivity index (χ3n) is 10.2. The molecule has 0 radical (unpaired) electrons. The quantitative estimate of drug-likeness (QED) is 0.828. The number of Topliss-reactive ketones (excluding diaryl/α,β-unsaturated/α-hetero) is 1. The van der Waals surface area contributed by atoms with E-state index < -0.39 is 5.41 Å². The summed E-state index contributed by atoms with van der Waals surface area (Å²) in [5, 5.41) is 3.47. The van der Waals surface area contributed by atoms with Crippen LogP contribution in [0.4, 0.5) is 0 Å². The molecule has 0 aliphatic heterocycles. The van der Waals surface area contributed by atoms with Gasteiger partial charge in [-0.25, -0.2) is 0 Å². The summed E-state index contributed by atoms with van der Waals surface area (Å²) in [5.41, 5.74) is -0.551. The van der Waals surface area contributed by atoms with Crippen LogP contribution >= 0.6 is 0 Å². The van der Waals surface area contributed by atoms with Gasteiger partial charge in [0.15, 0.2) is 0 Å². The molecular formula is C21H33NO2. The van der Waals surface area contributed by atoms with E-state index >= 15 is 0 Å². The Labute approximate surface area is 146 Å². The average molecular weight is 332 g/mol. The molecular weight excluding hydrogens is 298 g/mol. The van der Waals surface area contributed by atoms with Crippen molar-refractivity contribution in [2.75, 3.05) is 0 Å². The van der Waals surface area contributed by atoms with Gasteiger partial charge in [-0.15, -0.1) is 0 Å². The summed E-state index contributed by atoms with van der Waals surface area (Å²) in [7, 11) is 0. The molecule has 4 aliphatic carbocycles. The molecule has 1 amide bonds. The largest absolute Gasteiger partial charge is 0.352 e. The minimum absolute atomic E-state index is 0.164. The van der Waals surface area contributed by atoms with Gasteiger partial charge in [-0.3, -0.25) is 9.59 Å². The lowest BCUT2D eigenvalue weighted by Crippen LogP contribution is -2.54. The van der Waals surface area contributed by atoms with Gasteiger partial charge in [0.2, 0.25) is 5.91 Å². The highest BCUT2D eigenvalue weighted by atomic mass is 16.2. The Bertz CT molecular complexity index is 636. The lowest BCUT2D eigenvalue weighted by atomic mass is 9.64. The Morgan fingerprint density at radius 2 is 1.71 bits per heavy atom. The Morgan fingerprint density at radius 3 is 2.12 bits per heavy atom. The van der Waals surface area contributed by atoms with Gasteiger partial charge in [-0.2, -0.15) is 0 Å². The molecule has 4 rings (SSSR count). The normalized spacial score (nSPS) is 50.5. The summed E-state index contributed by atoms with van der Waals surface area (Å²) in [5.74, 6) is 1.18. The van der Waals surface area contributed by atoms with Crippen molar-refractivity contribution in [2.45, 2.75) is 86.1 Å². The number of hydrogen-bond donors (Lipinski definition) is 1. The molecule has 3 nitrogen and oxygen atoms in total. The smallest absolute Gasteiger partial charge is 0.227 e. The van der Waals surface area contributed by atoms with Gasteiger partial charge in [0, 0.05) is 17.9 Å². The molecule has 0 aromatic carbocycles. The summed E-state index contributed by atoms with van der Waals surface area (Å²) in [6.07, 6.45) is 5.79. The van der Waals surface area contributed by atoms with Crippen molar-refractivity contribution in [2.24, 2.45) is 33.0 Å². The maximum atomic E-state index is 13.5. The van der Waals surface area contributed by atoms with Gasteiger partial charge in [-0.05, 0) is 54.3 Å². The Morgan fingerprint density at radius 1 is 1.04 bits per heavy atom. The Kier molecular flexibility index (Phi) is 2.95. The lowest BCUT2D eigenvalue weighted by molar-refractivity contribution is -0.138. The first kappa shape index (κ1) is 16.6. The molecule has 24 heavy (non-hydrogen) atoms. The SMILES string of the molecule is CC12CCC(C(=O)NC3CC4CCC3(C)C4(C)C)(CC1=O)C2(C)C. The summed E-state index contributed by atoms with van der Waals surface area (Å²) >= 11 is 0. The third-order valence-corrected chi connectivity index (χ3v) is 10.2. The second-order valence-electron chi connectivity index (χ2n) is 10.8. The molecule has 1 N–H and O–H groups in total. The molecule has 0 aromatic heterocycles. The van der Waals surface area contributed by atoms with Crippen molar-refractivity contribution in [3.05, 3.63) is 0 Å². The molecule has 134 valence electrons. The van der Waals surface area contributed by atoms with Crippen LogP contribution in [0.1, 0.15) is 80.1 Å². The van der Waals surface area contributed by atoms with Crippen molar-refractivity contribution in [3.8, 4) is 0 Å². The first-order chi connectivity index (χ1) is 10.9. The minimum atomic E-state index is -0.485. The van der Waals surface area contributed by atoms with E-state index in [1.807, 2.05) is 0 Å². The van der Waals surface area contributed by atoms with E-state index in [-0.39, 0.29) is 28.2 Å². The van der Waals surface area contributed by atoms with Gasteiger partial charge >= 0.3 is 0 Å². The highest BCUT2D eigenvalue weighted by molar-refractivity contribution is 5.99. The van der Waals surface area contributed by atoms with Crippen LogP contribution in [0, 0.1) is 33.0 Å². The number of rotatable bonds is 2. The summed E-state index contributed by atoms with van der Waals surface area (Å²) in [4.78, 5) is 26.1. The molecule has 4 fully saturated rings. The minimum Gasteiger partial charge on any atom is -0.352 e. The van der Waals surface area contributed by atoms with Crippen LogP contribution in [-0.4, -0.2) is 17.7 Å². The predicted octanol–water partition coefficient (Wildman–Crippen LogP) is 4.10. The van der Waals surface area contributed by atoms with E-state index in [0.717, 1.165) is 25.2 Å². The van der Waals surface area contributed by atoms with Crippen molar-refractivity contribution < 1.29 is 9.59 Å². The van der Waals surface area contributed by atoms with E-state index in [1.165, 1.54) is 12.8 Å². The van der Waals surface area contributed by atoms with Gasteiger partial charge in [0.25, 0.3) is 0 Å². The van der Waals surface area contributed by atoms with Crippen LogP contribution in [0.25, 0.3) is 0 Å². The number of carbonyl (C=O) groups is 2. The lowest BCUT2D eigenvalue weighted by Gasteiger charge is -2.43. The Hall–Kier alpha value is -0.860. The molecule has 4 aliphatic rings. The van der Waals surface area contributed by atoms with Crippen molar-refractivity contribution >= 4 is 11.7 Å². The fraction of sp³-hybridized carbons (Fsp3) is 0.905. The first-order valence-electron chi connectivity index (χ1n) is 9.77. The van der Waals surface area contributed by atoms with Crippen LogP contribution in [0.15, 0.2) is 0 Å². The molecule has 4 saturated carbocycles. The number of amides is 1. The van der Waals surface area contributed by atoms with Crippen molar-refractivity contribution in [3.63, 3.8) is 0 Å². The molecule has 0 saturated heterocycles. The fourth-order valence-electron chi connectivity index (χ4n) is 7.08. The maximum absolute atomic E-state index is 13.5. The first-order valence-corrected chi connectivity index (χ1v) is 9.77. The second kappa shape index (κ2) is 4.27. The van der Waals surface area contributed by atoms with Gasteiger partial charge in [-0.1, -0.05) is 41.5 Å². The van der Waals surface area contributed by atoms with Crippen LogP contribution in [-0.2, 0) is 9.59 Å². The molecule has 0 spiro atoms. The van der Waals surface area contributed by atoms with Gasteiger partial charge < -0.3 is 5.32 Å². The number of ketones is 1. The number of carbonyl (C=O) groups excluding carboxylic acids is 2. The second-order valence-corrected chi connectivity index (χ2v) is 10.8. The molecule has 5 unspecified atom stereocenters. The monoisotopic (exact) mass is 331 g/mol. The van der Waals surface area contributed by atoms with Gasteiger partial charge in [0.1, 0.15) is 5.78 Å². The predicted molar refractivity (Wildman–Crippen MR) is 94.3 cm³/mol. The van der Waals surface area contributed by atoms with E-state index in [4.69, 9.17) is 0 Å². The van der Waals surface area contributed by atoms with E-state index in [9.17, 15) is 9.59 Å². The molecule has 0 aromatic rings. The topological polar surface area (TPSA) is 46.2 Å². The fourth-order valence-corrected chi connectivity index (χ4v) is 7.08. The van der Waals surface area contributed by atoms with Gasteiger partial charge in [0.05, 0.1) is 5.41 Å². The van der Waals surface area contributed by atoms with Crippen molar-refractivity contribution in [1.82, 2.24) is 5.32 Å². The Balaban J connectivity index is 1.62. The number of fused-ring (bicyclic) bond motifs is 4. The van der Waals surface area contributed by atoms with E-state index in [0.29, 0.717) is 17.6 Å². The summed E-state index contributed by atoms with van der Waals surface area (Å²) in [6, 6.07) is 0.270. The zero-order valence-corrected chi connectivity index (χ0v) is 16.2. The van der Waals surface area contributed by atoms with Crippen LogP contribution < -0.4 is 5.32 Å². The zero-order chi connectivity index (χ0) is 17.8. The van der Waals surface area contributed by atoms with Crippen LogP contribution in [0.5, 0.6) is 0 Å². The highest BCUT2D eigenvalue weighted by Crippen LogP contribution is 2.71. The standard InChI is InChI=1S/C21H33NO2/c1-17(2)13-7-8-19(17,5)14(11-13)22-16(24)21-10-9-20(6,15(23)12-21)18(21,3)4/h13-14H,7-12H2,1-6H3,(H,22,24). The summed E-state index contributed by atoms with van der Waals surface area (Å²) in [6.45, 7) is 13.5. The number of hydrogen-bond acceptors (Lipinski definition) is 2. The van der Waals surface area contributed by atoms with Crippen molar-refractivity contribution in [1.29, 1.82) is 0 Å². The molecule has 5 atom stereocenters. The van der Waals surface area contributed by atoms with Crippen LogP contribution in [0.2, 0.25) is 0 Å². The summed E-state index contributed by atoms with van der Waals surface area (Å²) < 4.78 is 0. The molecule has 0 heterocycles.